The summed E-state index contributed by atoms with van der Waals surface area (Å²) in [4.78, 5) is 12.4. The van der Waals surface area contributed by atoms with Crippen molar-refractivity contribution in [2.45, 2.75) is 13.2 Å². The average molecular weight is 358 g/mol. The van der Waals surface area contributed by atoms with E-state index >= 15 is 0 Å². The van der Waals surface area contributed by atoms with Crippen molar-refractivity contribution in [3.63, 3.8) is 0 Å². The van der Waals surface area contributed by atoms with Crippen molar-refractivity contribution in [1.29, 1.82) is 0 Å². The minimum absolute atomic E-state index is 0.212. The standard InChI is InChI=1S/C19H16ClNO4/c1-13-11-12-21(23)18(22)17(13)19(24-15-5-3-2-4-6-15)25-16-9-7-14(20)8-10-16/h2-12,19,23H,1H3. The molecule has 0 aliphatic carbocycles. The minimum atomic E-state index is -1.03. The van der Waals surface area contributed by atoms with Crippen molar-refractivity contribution in [1.82, 2.24) is 4.73 Å². The van der Waals surface area contributed by atoms with Crippen LogP contribution in [0.15, 0.2) is 71.7 Å². The van der Waals surface area contributed by atoms with Gasteiger partial charge in [0.2, 0.25) is 0 Å². The van der Waals surface area contributed by atoms with Crippen LogP contribution in [0.25, 0.3) is 0 Å². The van der Waals surface area contributed by atoms with E-state index < -0.39 is 11.8 Å². The van der Waals surface area contributed by atoms with Crippen molar-refractivity contribution < 1.29 is 14.7 Å². The van der Waals surface area contributed by atoms with E-state index in [0.29, 0.717) is 26.8 Å². The second-order valence-corrected chi connectivity index (χ2v) is 5.83. The zero-order valence-corrected chi connectivity index (χ0v) is 14.2. The van der Waals surface area contributed by atoms with Gasteiger partial charge in [0, 0.05) is 11.2 Å². The number of pyridine rings is 1. The van der Waals surface area contributed by atoms with E-state index in [0.717, 1.165) is 0 Å². The van der Waals surface area contributed by atoms with Gasteiger partial charge in [-0.2, -0.15) is 4.73 Å². The van der Waals surface area contributed by atoms with Crippen LogP contribution in [0.3, 0.4) is 0 Å². The molecule has 2 aromatic carbocycles. The highest BCUT2D eigenvalue weighted by Crippen LogP contribution is 2.26. The largest absolute Gasteiger partial charge is 0.450 e. The third-order valence-corrected chi connectivity index (χ3v) is 3.86. The third-order valence-electron chi connectivity index (χ3n) is 3.61. The van der Waals surface area contributed by atoms with Crippen LogP contribution >= 0.6 is 11.6 Å². The number of aryl methyl sites for hydroxylation is 1. The molecular formula is C19H16ClNO4. The van der Waals surface area contributed by atoms with E-state index in [2.05, 4.69) is 0 Å². The van der Waals surface area contributed by atoms with Gasteiger partial charge in [-0.3, -0.25) is 4.79 Å². The molecule has 1 atom stereocenters. The first-order valence-corrected chi connectivity index (χ1v) is 7.98. The Balaban J connectivity index is 2.01. The highest BCUT2D eigenvalue weighted by atomic mass is 35.5. The number of rotatable bonds is 5. The van der Waals surface area contributed by atoms with E-state index in [1.807, 2.05) is 18.2 Å². The summed E-state index contributed by atoms with van der Waals surface area (Å²) in [5, 5.41) is 10.3. The van der Waals surface area contributed by atoms with Crippen molar-refractivity contribution in [3.8, 4) is 11.5 Å². The summed E-state index contributed by atoms with van der Waals surface area (Å²) >= 11 is 5.89. The third kappa shape index (κ3) is 3.95. The van der Waals surface area contributed by atoms with Gasteiger partial charge in [0.15, 0.2) is 0 Å². The predicted octanol–water partition coefficient (Wildman–Crippen LogP) is 4.20. The first kappa shape index (κ1) is 16.9. The molecule has 0 amide bonds. The molecule has 1 unspecified atom stereocenters. The minimum Gasteiger partial charge on any atom is -0.450 e. The maximum absolute atomic E-state index is 12.4. The normalized spacial score (nSPS) is 11.8. The van der Waals surface area contributed by atoms with Crippen LogP contribution in [0.1, 0.15) is 17.4 Å². The van der Waals surface area contributed by atoms with Crippen molar-refractivity contribution in [2.75, 3.05) is 0 Å². The Morgan fingerprint density at radius 3 is 2.20 bits per heavy atom. The van der Waals surface area contributed by atoms with Gasteiger partial charge >= 0.3 is 0 Å². The molecule has 3 rings (SSSR count). The van der Waals surface area contributed by atoms with Gasteiger partial charge < -0.3 is 14.7 Å². The van der Waals surface area contributed by atoms with Gasteiger partial charge in [0.05, 0.1) is 0 Å². The van der Waals surface area contributed by atoms with Crippen LogP contribution < -0.4 is 15.0 Å². The lowest BCUT2D eigenvalue weighted by Crippen LogP contribution is -2.29. The van der Waals surface area contributed by atoms with Crippen molar-refractivity contribution in [3.05, 3.63) is 93.4 Å². The van der Waals surface area contributed by atoms with E-state index in [9.17, 15) is 10.0 Å². The molecule has 1 aromatic heterocycles. The van der Waals surface area contributed by atoms with E-state index in [-0.39, 0.29) is 5.56 Å². The summed E-state index contributed by atoms with van der Waals surface area (Å²) in [5.74, 6) is 1.02. The lowest BCUT2D eigenvalue weighted by atomic mass is 10.1. The fraction of sp³-hybridized carbons (Fsp3) is 0.105. The molecule has 3 aromatic rings. The molecule has 0 spiro atoms. The van der Waals surface area contributed by atoms with Crippen LogP contribution in [0.2, 0.25) is 5.02 Å². The van der Waals surface area contributed by atoms with Crippen LogP contribution in [0.4, 0.5) is 0 Å². The number of nitrogens with zero attached hydrogens (tertiary/aromatic N) is 1. The summed E-state index contributed by atoms with van der Waals surface area (Å²) in [7, 11) is 0. The van der Waals surface area contributed by atoms with Gasteiger partial charge in [-0.25, -0.2) is 0 Å². The highest BCUT2D eigenvalue weighted by Gasteiger charge is 2.23. The molecule has 1 N–H and O–H groups in total. The number of ether oxygens (including phenoxy) is 2. The second kappa shape index (κ2) is 7.32. The van der Waals surface area contributed by atoms with Crippen LogP contribution in [0, 0.1) is 6.92 Å². The maximum Gasteiger partial charge on any atom is 0.293 e. The molecule has 25 heavy (non-hydrogen) atoms. The number of aromatic nitrogens is 1. The van der Waals surface area contributed by atoms with E-state index in [4.69, 9.17) is 21.1 Å². The van der Waals surface area contributed by atoms with Crippen molar-refractivity contribution in [2.24, 2.45) is 0 Å². The first-order chi connectivity index (χ1) is 12.0. The molecule has 0 radical (unpaired) electrons. The molecule has 0 saturated heterocycles. The summed E-state index contributed by atoms with van der Waals surface area (Å²) in [6.45, 7) is 1.75. The average Bonchev–Trinajstić information content (AvgIpc) is 2.61. The number of para-hydroxylation sites is 1. The van der Waals surface area contributed by atoms with Crippen LogP contribution in [0.5, 0.6) is 11.5 Å². The summed E-state index contributed by atoms with van der Waals surface area (Å²) < 4.78 is 12.3. The lowest BCUT2D eigenvalue weighted by molar-refractivity contribution is 0.000123. The Morgan fingerprint density at radius 1 is 0.960 bits per heavy atom. The van der Waals surface area contributed by atoms with Gasteiger partial charge in [-0.15, -0.1) is 0 Å². The zero-order valence-electron chi connectivity index (χ0n) is 13.4. The highest BCUT2D eigenvalue weighted by molar-refractivity contribution is 6.30. The fourth-order valence-electron chi connectivity index (χ4n) is 2.32. The van der Waals surface area contributed by atoms with Gasteiger partial charge in [-0.1, -0.05) is 29.8 Å². The zero-order chi connectivity index (χ0) is 17.8. The predicted molar refractivity (Wildman–Crippen MR) is 94.5 cm³/mol. The topological polar surface area (TPSA) is 60.7 Å². The SMILES string of the molecule is Cc1ccn(O)c(=O)c1C(Oc1ccccc1)Oc1ccc(Cl)cc1. The Bertz CT molecular complexity index is 907. The molecule has 0 fully saturated rings. The fourth-order valence-corrected chi connectivity index (χ4v) is 2.45. The summed E-state index contributed by atoms with van der Waals surface area (Å²) in [6, 6.07) is 17.3. The molecular weight excluding hydrogens is 342 g/mol. The first-order valence-electron chi connectivity index (χ1n) is 7.60. The Kier molecular flexibility index (Phi) is 4.95. The van der Waals surface area contributed by atoms with Crippen molar-refractivity contribution >= 4 is 11.6 Å². The molecule has 1 heterocycles. The maximum atomic E-state index is 12.4. The molecule has 6 heteroatoms. The number of halogens is 1. The van der Waals surface area contributed by atoms with Gasteiger partial charge in [-0.05, 0) is 55.0 Å². The van der Waals surface area contributed by atoms with Gasteiger partial charge in [0.1, 0.15) is 17.1 Å². The molecule has 0 bridgehead atoms. The van der Waals surface area contributed by atoms with E-state index in [1.165, 1.54) is 6.20 Å². The summed E-state index contributed by atoms with van der Waals surface area (Å²) in [6.07, 6.45) is 0.249. The monoisotopic (exact) mass is 357 g/mol. The van der Waals surface area contributed by atoms with Gasteiger partial charge in [0.25, 0.3) is 11.8 Å². The Morgan fingerprint density at radius 2 is 1.56 bits per heavy atom. The number of hydrogen-bond donors (Lipinski definition) is 1. The smallest absolute Gasteiger partial charge is 0.293 e. The van der Waals surface area contributed by atoms with E-state index in [1.54, 1.807) is 49.4 Å². The summed E-state index contributed by atoms with van der Waals surface area (Å²) in [5.41, 5.74) is 0.254. The Labute approximate surface area is 149 Å². The van der Waals surface area contributed by atoms with Crippen LogP contribution in [-0.2, 0) is 0 Å². The quantitative estimate of drug-likeness (QED) is 0.549. The molecule has 0 aliphatic heterocycles. The molecule has 128 valence electrons. The number of benzene rings is 2. The molecule has 0 saturated carbocycles. The second-order valence-electron chi connectivity index (χ2n) is 5.40. The lowest BCUT2D eigenvalue weighted by Gasteiger charge is -2.22. The number of hydrogen-bond acceptors (Lipinski definition) is 4. The molecule has 0 aliphatic rings. The Hall–Kier alpha value is -2.92. The molecule has 5 nitrogen and oxygen atoms in total. The van der Waals surface area contributed by atoms with Crippen LogP contribution in [-0.4, -0.2) is 9.94 Å².